The highest BCUT2D eigenvalue weighted by Crippen LogP contribution is 2.44. The predicted octanol–water partition coefficient (Wildman–Crippen LogP) is 3.31. The van der Waals surface area contributed by atoms with Gasteiger partial charge in [-0.2, -0.15) is 0 Å². The number of likely N-dealkylation sites (N-methyl/N-ethyl adjacent to an activating group) is 1. The highest BCUT2D eigenvalue weighted by atomic mass is 16.5. The third kappa shape index (κ3) is 5.48. The van der Waals surface area contributed by atoms with E-state index in [1.54, 1.807) is 6.92 Å². The zero-order valence-electron chi connectivity index (χ0n) is 20.3. The van der Waals surface area contributed by atoms with Crippen LogP contribution < -0.4 is 5.32 Å². The van der Waals surface area contributed by atoms with E-state index >= 15 is 0 Å². The highest BCUT2D eigenvalue weighted by Gasteiger charge is 2.39. The molecule has 0 bridgehead atoms. The van der Waals surface area contributed by atoms with Gasteiger partial charge < -0.3 is 25.0 Å². The van der Waals surface area contributed by atoms with Crippen molar-refractivity contribution in [1.29, 1.82) is 0 Å². The Bertz CT molecular complexity index is 1050. The third-order valence-electron chi connectivity index (χ3n) is 7.21. The van der Waals surface area contributed by atoms with E-state index in [1.165, 1.54) is 4.90 Å². The van der Waals surface area contributed by atoms with Crippen LogP contribution in [-0.4, -0.2) is 78.2 Å². The van der Waals surface area contributed by atoms with Crippen molar-refractivity contribution in [2.75, 3.05) is 39.8 Å². The summed E-state index contributed by atoms with van der Waals surface area (Å²) in [6, 6.07) is 16.3. The number of piperidine rings is 1. The lowest BCUT2D eigenvalue weighted by Crippen LogP contribution is -2.57. The van der Waals surface area contributed by atoms with Crippen molar-refractivity contribution in [1.82, 2.24) is 15.1 Å². The number of carbonyl (C=O) groups is 3. The molecule has 2 N–H and O–H groups in total. The Labute approximate surface area is 205 Å². The Kier molecular flexibility index (Phi) is 7.40. The van der Waals surface area contributed by atoms with Gasteiger partial charge in [0.25, 0.3) is 0 Å². The van der Waals surface area contributed by atoms with Gasteiger partial charge in [-0.05, 0) is 49.1 Å². The SMILES string of the molecule is CCN(CC(=O)O)C(=O)CC1(NC(=O)OCC2c3ccccc3-c3ccccc32)CCN(C)CC1. The van der Waals surface area contributed by atoms with Crippen LogP contribution in [0, 0.1) is 0 Å². The molecule has 0 spiro atoms. The molecule has 1 fully saturated rings. The molecule has 0 atom stereocenters. The van der Waals surface area contributed by atoms with Crippen LogP contribution in [0.15, 0.2) is 48.5 Å². The lowest BCUT2D eigenvalue weighted by atomic mass is 9.84. The minimum atomic E-state index is -1.05. The van der Waals surface area contributed by atoms with Crippen LogP contribution in [0.4, 0.5) is 4.79 Å². The number of rotatable bonds is 8. The van der Waals surface area contributed by atoms with Gasteiger partial charge >= 0.3 is 12.1 Å². The van der Waals surface area contributed by atoms with Crippen LogP contribution >= 0.6 is 0 Å². The number of carboxylic acid groups (broad SMARTS) is 1. The molecule has 1 saturated heterocycles. The molecule has 0 radical (unpaired) electrons. The van der Waals surface area contributed by atoms with Crippen LogP contribution in [0.2, 0.25) is 0 Å². The molecule has 8 heteroatoms. The summed E-state index contributed by atoms with van der Waals surface area (Å²) in [5.41, 5.74) is 3.83. The van der Waals surface area contributed by atoms with Crippen molar-refractivity contribution in [2.24, 2.45) is 0 Å². The highest BCUT2D eigenvalue weighted by molar-refractivity contribution is 5.83. The van der Waals surface area contributed by atoms with Crippen molar-refractivity contribution in [3.05, 3.63) is 59.7 Å². The zero-order chi connectivity index (χ0) is 25.0. The predicted molar refractivity (Wildman–Crippen MR) is 132 cm³/mol. The molecule has 0 saturated carbocycles. The van der Waals surface area contributed by atoms with Gasteiger partial charge in [0.15, 0.2) is 0 Å². The molecule has 0 aromatic heterocycles. The molecule has 2 aliphatic rings. The molecule has 35 heavy (non-hydrogen) atoms. The molecular weight excluding hydrogens is 446 g/mol. The first-order chi connectivity index (χ1) is 16.8. The van der Waals surface area contributed by atoms with Crippen molar-refractivity contribution < 1.29 is 24.2 Å². The number of amides is 2. The number of hydrogen-bond acceptors (Lipinski definition) is 5. The molecule has 0 unspecified atom stereocenters. The van der Waals surface area contributed by atoms with Gasteiger partial charge in [0.05, 0.1) is 12.0 Å². The second kappa shape index (κ2) is 10.5. The van der Waals surface area contributed by atoms with E-state index in [-0.39, 0.29) is 31.4 Å². The van der Waals surface area contributed by atoms with Gasteiger partial charge in [0.2, 0.25) is 5.91 Å². The van der Waals surface area contributed by atoms with Gasteiger partial charge in [-0.3, -0.25) is 9.59 Å². The normalized spacial score (nSPS) is 16.7. The first-order valence-corrected chi connectivity index (χ1v) is 12.1. The number of carboxylic acids is 1. The summed E-state index contributed by atoms with van der Waals surface area (Å²) in [7, 11) is 2.00. The molecule has 186 valence electrons. The number of nitrogens with zero attached hydrogens (tertiary/aromatic N) is 2. The van der Waals surface area contributed by atoms with Gasteiger partial charge in [0, 0.05) is 25.6 Å². The topological polar surface area (TPSA) is 99.2 Å². The third-order valence-corrected chi connectivity index (χ3v) is 7.21. The fraction of sp³-hybridized carbons (Fsp3) is 0.444. The maximum Gasteiger partial charge on any atom is 0.407 e. The van der Waals surface area contributed by atoms with Crippen molar-refractivity contribution >= 4 is 18.0 Å². The van der Waals surface area contributed by atoms with Gasteiger partial charge in [-0.25, -0.2) is 4.79 Å². The van der Waals surface area contributed by atoms with Crippen molar-refractivity contribution in [2.45, 2.75) is 37.6 Å². The number of carbonyl (C=O) groups excluding carboxylic acids is 2. The average molecular weight is 480 g/mol. The summed E-state index contributed by atoms with van der Waals surface area (Å²) in [6.07, 6.45) is 0.672. The summed E-state index contributed by atoms with van der Waals surface area (Å²) in [5, 5.41) is 12.1. The minimum Gasteiger partial charge on any atom is -0.480 e. The number of benzene rings is 2. The van der Waals surface area contributed by atoms with E-state index < -0.39 is 17.6 Å². The van der Waals surface area contributed by atoms with Gasteiger partial charge in [0.1, 0.15) is 13.2 Å². The van der Waals surface area contributed by atoms with Crippen molar-refractivity contribution in [3.63, 3.8) is 0 Å². The molecule has 1 aliphatic carbocycles. The number of alkyl carbamates (subject to hydrolysis) is 1. The lowest BCUT2D eigenvalue weighted by Gasteiger charge is -2.41. The van der Waals surface area contributed by atoms with E-state index in [1.807, 2.05) is 31.3 Å². The Morgan fingerprint density at radius 1 is 1.06 bits per heavy atom. The number of hydrogen-bond donors (Lipinski definition) is 2. The van der Waals surface area contributed by atoms with E-state index in [2.05, 4.69) is 34.5 Å². The smallest absolute Gasteiger partial charge is 0.407 e. The van der Waals surface area contributed by atoms with Crippen LogP contribution in [0.25, 0.3) is 11.1 Å². The van der Waals surface area contributed by atoms with Gasteiger partial charge in [-0.1, -0.05) is 48.5 Å². The first kappa shape index (κ1) is 24.7. The molecule has 2 aromatic carbocycles. The number of nitrogens with one attached hydrogen (secondary N) is 1. The maximum absolute atomic E-state index is 13.0. The monoisotopic (exact) mass is 479 g/mol. The van der Waals surface area contributed by atoms with E-state index in [0.29, 0.717) is 19.4 Å². The first-order valence-electron chi connectivity index (χ1n) is 12.1. The summed E-state index contributed by atoms with van der Waals surface area (Å²) in [4.78, 5) is 40.6. The number of ether oxygens (including phenoxy) is 1. The largest absolute Gasteiger partial charge is 0.480 e. The summed E-state index contributed by atoms with van der Waals surface area (Å²) < 4.78 is 5.74. The Morgan fingerprint density at radius 2 is 1.63 bits per heavy atom. The van der Waals surface area contributed by atoms with Crippen LogP contribution in [0.5, 0.6) is 0 Å². The summed E-state index contributed by atoms with van der Waals surface area (Å²) >= 11 is 0. The summed E-state index contributed by atoms with van der Waals surface area (Å²) in [6.45, 7) is 3.34. The average Bonchev–Trinajstić information content (AvgIpc) is 3.16. The maximum atomic E-state index is 13.0. The lowest BCUT2D eigenvalue weighted by molar-refractivity contribution is -0.145. The zero-order valence-corrected chi connectivity index (χ0v) is 20.3. The second-order valence-corrected chi connectivity index (χ2v) is 9.51. The van der Waals surface area contributed by atoms with Crippen LogP contribution in [0.1, 0.15) is 43.2 Å². The standard InChI is InChI=1S/C27H33N3O5/c1-3-30(17-25(32)33)24(31)16-27(12-14-29(2)15-13-27)28-26(34)35-18-23-21-10-6-4-8-19(21)20-9-5-7-11-22(20)23/h4-11,23H,3,12-18H2,1-2H3,(H,28,34)(H,32,33). The molecule has 2 amide bonds. The number of fused-ring (bicyclic) bond motifs is 3. The van der Waals surface area contributed by atoms with E-state index in [9.17, 15) is 14.4 Å². The summed E-state index contributed by atoms with van der Waals surface area (Å²) in [5.74, 6) is -1.38. The molecule has 1 heterocycles. The Balaban J connectivity index is 1.45. The fourth-order valence-corrected chi connectivity index (χ4v) is 5.18. The molecule has 1 aliphatic heterocycles. The van der Waals surface area contributed by atoms with Crippen molar-refractivity contribution in [3.8, 4) is 11.1 Å². The second-order valence-electron chi connectivity index (χ2n) is 9.51. The Morgan fingerprint density at radius 3 is 2.17 bits per heavy atom. The van der Waals surface area contributed by atoms with Crippen LogP contribution in [-0.2, 0) is 14.3 Å². The molecule has 2 aromatic rings. The molecule has 4 rings (SSSR count). The van der Waals surface area contributed by atoms with Crippen LogP contribution in [0.3, 0.4) is 0 Å². The molecule has 8 nitrogen and oxygen atoms in total. The number of aliphatic carboxylic acids is 1. The fourth-order valence-electron chi connectivity index (χ4n) is 5.18. The molecular formula is C27H33N3O5. The van der Waals surface area contributed by atoms with Gasteiger partial charge in [-0.15, -0.1) is 0 Å². The van der Waals surface area contributed by atoms with E-state index in [0.717, 1.165) is 35.3 Å². The van der Waals surface area contributed by atoms with E-state index in [4.69, 9.17) is 9.84 Å². The quantitative estimate of drug-likeness (QED) is 0.603. The number of likely N-dealkylation sites (tertiary alicyclic amines) is 1. The minimum absolute atomic E-state index is 0.0469. The Hall–Kier alpha value is -3.39.